The maximum Gasteiger partial charge on any atom is 0.277 e. The molecule has 0 fully saturated rings. The van der Waals surface area contributed by atoms with Gasteiger partial charge in [0.2, 0.25) is 0 Å². The third kappa shape index (κ3) is 5.19. The molecular formula is C20H17IN2O3. The normalized spacial score (nSPS) is 10.8. The number of ether oxygens (including phenoxy) is 1. The van der Waals surface area contributed by atoms with Gasteiger partial charge in [0.05, 0.1) is 6.21 Å². The lowest BCUT2D eigenvalue weighted by Crippen LogP contribution is -2.24. The Morgan fingerprint density at radius 3 is 2.77 bits per heavy atom. The standard InChI is InChI=1S/C20H17IN2O3/c1-14-3-2-4-17(11-14)25-13-20(24)23-22-12-18-9-10-19(26-18)15-5-7-16(21)8-6-15/h2-12H,13H2,1H3,(H,23,24)/b22-12-. The molecule has 0 aliphatic carbocycles. The number of amides is 1. The van der Waals surface area contributed by atoms with Crippen LogP contribution in [0.2, 0.25) is 0 Å². The van der Waals surface area contributed by atoms with Crippen molar-refractivity contribution in [3.8, 4) is 17.1 Å². The van der Waals surface area contributed by atoms with Crippen molar-refractivity contribution in [2.75, 3.05) is 6.61 Å². The molecule has 1 N–H and O–H groups in total. The number of carbonyl (C=O) groups excluding carboxylic acids is 1. The zero-order valence-electron chi connectivity index (χ0n) is 14.1. The number of carbonyl (C=O) groups is 1. The number of hydrazone groups is 1. The molecule has 6 heteroatoms. The fourth-order valence-corrected chi connectivity index (χ4v) is 2.61. The van der Waals surface area contributed by atoms with Crippen LogP contribution in [0, 0.1) is 10.5 Å². The molecule has 132 valence electrons. The number of nitrogens with one attached hydrogen (secondary N) is 1. The minimum atomic E-state index is -0.341. The number of hydrogen-bond donors (Lipinski definition) is 1. The lowest BCUT2D eigenvalue weighted by Gasteiger charge is -2.05. The molecule has 0 atom stereocenters. The van der Waals surface area contributed by atoms with Crippen molar-refractivity contribution in [1.82, 2.24) is 5.43 Å². The summed E-state index contributed by atoms with van der Waals surface area (Å²) in [6.45, 7) is 1.86. The molecule has 0 spiro atoms. The second-order valence-corrected chi connectivity index (χ2v) is 6.85. The molecule has 0 bridgehead atoms. The SMILES string of the molecule is Cc1cccc(OCC(=O)N/N=C\c2ccc(-c3ccc(I)cc3)o2)c1. The Balaban J connectivity index is 1.50. The van der Waals surface area contributed by atoms with E-state index in [1.54, 1.807) is 12.1 Å². The lowest BCUT2D eigenvalue weighted by molar-refractivity contribution is -0.123. The first-order chi connectivity index (χ1) is 12.6. The number of benzene rings is 2. The Labute approximate surface area is 165 Å². The van der Waals surface area contributed by atoms with E-state index >= 15 is 0 Å². The Morgan fingerprint density at radius 1 is 1.19 bits per heavy atom. The van der Waals surface area contributed by atoms with Crippen molar-refractivity contribution in [2.45, 2.75) is 6.92 Å². The number of furan rings is 1. The van der Waals surface area contributed by atoms with Gasteiger partial charge >= 0.3 is 0 Å². The number of hydrogen-bond acceptors (Lipinski definition) is 4. The van der Waals surface area contributed by atoms with Crippen LogP contribution in [0.1, 0.15) is 11.3 Å². The second-order valence-electron chi connectivity index (χ2n) is 5.61. The molecule has 0 aliphatic rings. The Morgan fingerprint density at radius 2 is 2.00 bits per heavy atom. The Bertz CT molecular complexity index is 917. The van der Waals surface area contributed by atoms with Gasteiger partial charge < -0.3 is 9.15 Å². The molecular weight excluding hydrogens is 443 g/mol. The first-order valence-electron chi connectivity index (χ1n) is 7.97. The third-order valence-electron chi connectivity index (χ3n) is 3.50. The summed E-state index contributed by atoms with van der Waals surface area (Å²) in [5.74, 6) is 1.61. The van der Waals surface area contributed by atoms with E-state index in [1.165, 1.54) is 6.21 Å². The van der Waals surface area contributed by atoms with Gasteiger partial charge in [-0.2, -0.15) is 5.10 Å². The summed E-state index contributed by atoms with van der Waals surface area (Å²) >= 11 is 2.26. The van der Waals surface area contributed by atoms with Crippen molar-refractivity contribution in [3.05, 3.63) is 75.6 Å². The second kappa shape index (κ2) is 8.66. The highest BCUT2D eigenvalue weighted by molar-refractivity contribution is 14.1. The van der Waals surface area contributed by atoms with Gasteiger partial charge in [-0.1, -0.05) is 24.3 Å². The van der Waals surface area contributed by atoms with Gasteiger partial charge in [0.1, 0.15) is 17.3 Å². The van der Waals surface area contributed by atoms with Crippen LogP contribution < -0.4 is 10.2 Å². The number of nitrogens with zero attached hydrogens (tertiary/aromatic N) is 1. The van der Waals surface area contributed by atoms with E-state index in [0.717, 1.165) is 20.5 Å². The predicted molar refractivity (Wildman–Crippen MR) is 109 cm³/mol. The molecule has 0 saturated carbocycles. The van der Waals surface area contributed by atoms with Crippen LogP contribution in [0.15, 0.2) is 70.2 Å². The summed E-state index contributed by atoms with van der Waals surface area (Å²) in [7, 11) is 0. The van der Waals surface area contributed by atoms with E-state index < -0.39 is 0 Å². The highest BCUT2D eigenvalue weighted by Gasteiger charge is 2.04. The zero-order valence-corrected chi connectivity index (χ0v) is 16.3. The van der Waals surface area contributed by atoms with Gasteiger partial charge in [-0.15, -0.1) is 0 Å². The molecule has 0 unspecified atom stereocenters. The van der Waals surface area contributed by atoms with E-state index in [-0.39, 0.29) is 12.5 Å². The molecule has 1 heterocycles. The molecule has 3 rings (SSSR count). The minimum absolute atomic E-state index is 0.104. The van der Waals surface area contributed by atoms with Crippen LogP contribution in [0.25, 0.3) is 11.3 Å². The van der Waals surface area contributed by atoms with Crippen molar-refractivity contribution < 1.29 is 13.9 Å². The van der Waals surface area contributed by atoms with Gasteiger partial charge in [0.25, 0.3) is 5.91 Å². The molecule has 0 saturated heterocycles. The van der Waals surface area contributed by atoms with Crippen LogP contribution in [0.3, 0.4) is 0 Å². The van der Waals surface area contributed by atoms with E-state index in [1.807, 2.05) is 55.5 Å². The highest BCUT2D eigenvalue weighted by atomic mass is 127. The van der Waals surface area contributed by atoms with E-state index in [9.17, 15) is 4.79 Å². The van der Waals surface area contributed by atoms with Gasteiger partial charge in [-0.25, -0.2) is 5.43 Å². The maximum absolute atomic E-state index is 11.8. The van der Waals surface area contributed by atoms with Gasteiger partial charge in [0, 0.05) is 9.13 Å². The maximum atomic E-state index is 11.8. The summed E-state index contributed by atoms with van der Waals surface area (Å²) in [4.78, 5) is 11.8. The van der Waals surface area contributed by atoms with Crippen molar-refractivity contribution >= 4 is 34.7 Å². The molecule has 1 aromatic heterocycles. The highest BCUT2D eigenvalue weighted by Crippen LogP contribution is 2.22. The summed E-state index contributed by atoms with van der Waals surface area (Å²) < 4.78 is 12.3. The summed E-state index contributed by atoms with van der Waals surface area (Å²) in [5.41, 5.74) is 4.48. The quantitative estimate of drug-likeness (QED) is 0.337. The average molecular weight is 460 g/mol. The van der Waals surface area contributed by atoms with Gasteiger partial charge in [-0.05, 0) is 71.5 Å². The Hall–Kier alpha value is -2.61. The largest absolute Gasteiger partial charge is 0.484 e. The van der Waals surface area contributed by atoms with Crippen LogP contribution in [-0.2, 0) is 4.79 Å². The van der Waals surface area contributed by atoms with E-state index in [2.05, 4.69) is 33.1 Å². The average Bonchev–Trinajstić information content (AvgIpc) is 3.09. The lowest BCUT2D eigenvalue weighted by atomic mass is 10.2. The fraction of sp³-hybridized carbons (Fsp3) is 0.100. The van der Waals surface area contributed by atoms with Crippen LogP contribution in [0.4, 0.5) is 0 Å². The first kappa shape index (κ1) is 18.2. The molecule has 2 aromatic carbocycles. The number of rotatable bonds is 6. The minimum Gasteiger partial charge on any atom is -0.484 e. The fourth-order valence-electron chi connectivity index (χ4n) is 2.25. The van der Waals surface area contributed by atoms with Gasteiger partial charge in [0.15, 0.2) is 6.61 Å². The monoisotopic (exact) mass is 460 g/mol. The van der Waals surface area contributed by atoms with Gasteiger partial charge in [-0.3, -0.25) is 4.79 Å². The van der Waals surface area contributed by atoms with Crippen LogP contribution in [0.5, 0.6) is 5.75 Å². The smallest absolute Gasteiger partial charge is 0.277 e. The summed E-state index contributed by atoms with van der Waals surface area (Å²) in [5, 5.41) is 3.89. The number of halogens is 1. The zero-order chi connectivity index (χ0) is 18.4. The van der Waals surface area contributed by atoms with Crippen molar-refractivity contribution in [2.24, 2.45) is 5.10 Å². The van der Waals surface area contributed by atoms with E-state index in [0.29, 0.717) is 11.5 Å². The molecule has 0 aliphatic heterocycles. The third-order valence-corrected chi connectivity index (χ3v) is 4.22. The number of aryl methyl sites for hydroxylation is 1. The Kier molecular flexibility index (Phi) is 6.06. The first-order valence-corrected chi connectivity index (χ1v) is 9.05. The van der Waals surface area contributed by atoms with Crippen molar-refractivity contribution in [1.29, 1.82) is 0 Å². The molecule has 5 nitrogen and oxygen atoms in total. The molecule has 0 radical (unpaired) electrons. The summed E-state index contributed by atoms with van der Waals surface area (Å²) in [6.07, 6.45) is 1.46. The molecule has 3 aromatic rings. The van der Waals surface area contributed by atoms with E-state index in [4.69, 9.17) is 9.15 Å². The topological polar surface area (TPSA) is 63.8 Å². The molecule has 26 heavy (non-hydrogen) atoms. The molecule has 1 amide bonds. The predicted octanol–water partition coefficient (Wildman–Crippen LogP) is 4.39. The summed E-state index contributed by atoms with van der Waals surface area (Å²) in [6, 6.07) is 19.2. The van der Waals surface area contributed by atoms with Crippen molar-refractivity contribution in [3.63, 3.8) is 0 Å². The van der Waals surface area contributed by atoms with Crippen LogP contribution in [-0.4, -0.2) is 18.7 Å². The van der Waals surface area contributed by atoms with Crippen LogP contribution >= 0.6 is 22.6 Å².